The molecule has 0 aliphatic rings. The molecule has 2 aromatic carbocycles. The van der Waals surface area contributed by atoms with Gasteiger partial charge in [-0.15, -0.1) is 0 Å². The van der Waals surface area contributed by atoms with Gasteiger partial charge in [-0.3, -0.25) is 9.79 Å². The SMILES string of the molecule is COC(=O)C(C)(Cc1ccc(OP(=O)(O)O)c(O)c1)N(N)C(=O)OCc1ccccc1. The minimum atomic E-state index is -4.88. The molecule has 1 amide bonds. The number of hydrazine groups is 1. The van der Waals surface area contributed by atoms with E-state index in [4.69, 9.17) is 25.1 Å². The van der Waals surface area contributed by atoms with Gasteiger partial charge >= 0.3 is 19.9 Å². The second kappa shape index (κ2) is 9.80. The summed E-state index contributed by atoms with van der Waals surface area (Å²) in [5, 5.41) is 10.6. The van der Waals surface area contributed by atoms with Crippen molar-refractivity contribution in [3.8, 4) is 11.5 Å². The Morgan fingerprint density at radius 3 is 2.32 bits per heavy atom. The first-order valence-corrected chi connectivity index (χ1v) is 10.4. The number of carbonyl (C=O) groups is 2. The highest BCUT2D eigenvalue weighted by atomic mass is 31.2. The quantitative estimate of drug-likeness (QED) is 0.152. The van der Waals surface area contributed by atoms with Crippen LogP contribution in [0.15, 0.2) is 48.5 Å². The van der Waals surface area contributed by atoms with Crippen molar-refractivity contribution in [2.75, 3.05) is 7.11 Å². The Hall–Kier alpha value is -3.11. The number of aromatic hydroxyl groups is 1. The van der Waals surface area contributed by atoms with E-state index < -0.39 is 36.9 Å². The van der Waals surface area contributed by atoms with Crippen LogP contribution in [0.5, 0.6) is 11.5 Å². The molecular weight excluding hydrogens is 431 g/mol. The highest BCUT2D eigenvalue weighted by molar-refractivity contribution is 7.46. The van der Waals surface area contributed by atoms with Gasteiger partial charge in [0.05, 0.1) is 7.11 Å². The van der Waals surface area contributed by atoms with Crippen LogP contribution in [-0.2, 0) is 31.9 Å². The van der Waals surface area contributed by atoms with Crippen LogP contribution in [0.3, 0.4) is 0 Å². The third kappa shape index (κ3) is 6.43. The zero-order valence-electron chi connectivity index (χ0n) is 16.8. The van der Waals surface area contributed by atoms with Gasteiger partial charge in [0.2, 0.25) is 0 Å². The first-order valence-electron chi connectivity index (χ1n) is 8.87. The minimum Gasteiger partial charge on any atom is -0.504 e. The molecule has 0 heterocycles. The van der Waals surface area contributed by atoms with Crippen molar-refractivity contribution in [1.82, 2.24) is 5.01 Å². The fraction of sp³-hybridized carbons (Fsp3) is 0.263. The van der Waals surface area contributed by atoms with E-state index in [1.165, 1.54) is 13.0 Å². The molecule has 0 aliphatic heterocycles. The zero-order valence-corrected chi connectivity index (χ0v) is 17.7. The van der Waals surface area contributed by atoms with Gasteiger partial charge in [-0.25, -0.2) is 25.0 Å². The van der Waals surface area contributed by atoms with Gasteiger partial charge in [0.25, 0.3) is 0 Å². The van der Waals surface area contributed by atoms with E-state index in [0.717, 1.165) is 24.8 Å². The maximum atomic E-state index is 12.5. The fourth-order valence-corrected chi connectivity index (χ4v) is 3.15. The van der Waals surface area contributed by atoms with Crippen molar-refractivity contribution < 1.29 is 43.0 Å². The molecule has 31 heavy (non-hydrogen) atoms. The molecule has 0 bridgehead atoms. The summed E-state index contributed by atoms with van der Waals surface area (Å²) in [7, 11) is -3.75. The minimum absolute atomic E-state index is 0.0696. The largest absolute Gasteiger partial charge is 0.524 e. The number of esters is 1. The smallest absolute Gasteiger partial charge is 0.504 e. The van der Waals surface area contributed by atoms with E-state index in [0.29, 0.717) is 10.6 Å². The van der Waals surface area contributed by atoms with Gasteiger partial charge in [0.15, 0.2) is 17.0 Å². The third-order valence-corrected chi connectivity index (χ3v) is 4.78. The van der Waals surface area contributed by atoms with E-state index in [2.05, 4.69) is 4.52 Å². The summed E-state index contributed by atoms with van der Waals surface area (Å²) >= 11 is 0. The Labute approximate surface area is 178 Å². The predicted octanol–water partition coefficient (Wildman–Crippen LogP) is 1.85. The van der Waals surface area contributed by atoms with E-state index in [-0.39, 0.29) is 13.0 Å². The molecule has 0 spiro atoms. The molecule has 2 aromatic rings. The molecule has 168 valence electrons. The normalized spacial score (nSPS) is 13.1. The summed E-state index contributed by atoms with van der Waals surface area (Å²) in [4.78, 5) is 42.7. The molecule has 11 nitrogen and oxygen atoms in total. The number of phenols is 1. The average molecular weight is 454 g/mol. The third-order valence-electron chi connectivity index (χ3n) is 4.35. The lowest BCUT2D eigenvalue weighted by molar-refractivity contribution is -0.153. The van der Waals surface area contributed by atoms with Gasteiger partial charge in [0.1, 0.15) is 6.61 Å². The number of ether oxygens (including phenoxy) is 2. The number of hydrogen-bond donors (Lipinski definition) is 4. The molecule has 0 radical (unpaired) electrons. The fourth-order valence-electron chi connectivity index (χ4n) is 2.74. The maximum absolute atomic E-state index is 12.5. The summed E-state index contributed by atoms with van der Waals surface area (Å²) < 4.78 is 25.3. The number of rotatable bonds is 8. The van der Waals surface area contributed by atoms with Gasteiger partial charge in [-0.05, 0) is 30.2 Å². The molecule has 0 aromatic heterocycles. The molecule has 5 N–H and O–H groups in total. The lowest BCUT2D eigenvalue weighted by atomic mass is 9.92. The van der Waals surface area contributed by atoms with Gasteiger partial charge in [0, 0.05) is 6.42 Å². The molecule has 0 fully saturated rings. The zero-order chi connectivity index (χ0) is 23.2. The van der Waals surface area contributed by atoms with Gasteiger partial charge in [-0.1, -0.05) is 36.4 Å². The number of benzene rings is 2. The van der Waals surface area contributed by atoms with Crippen LogP contribution in [0, 0.1) is 0 Å². The van der Waals surface area contributed by atoms with Crippen LogP contribution in [0.25, 0.3) is 0 Å². The number of hydrogen-bond acceptors (Lipinski definition) is 8. The van der Waals surface area contributed by atoms with Crippen LogP contribution in [0.4, 0.5) is 4.79 Å². The Kier molecular flexibility index (Phi) is 7.64. The Morgan fingerprint density at radius 1 is 1.13 bits per heavy atom. The highest BCUT2D eigenvalue weighted by Crippen LogP contribution is 2.42. The van der Waals surface area contributed by atoms with Crippen molar-refractivity contribution in [3.63, 3.8) is 0 Å². The Bertz CT molecular complexity index is 980. The molecule has 0 saturated heterocycles. The van der Waals surface area contributed by atoms with Crippen LogP contribution in [-0.4, -0.2) is 44.6 Å². The first kappa shape index (κ1) is 24.2. The molecule has 2 rings (SSSR count). The summed E-state index contributed by atoms with van der Waals surface area (Å²) in [5.41, 5.74) is -0.704. The second-order valence-electron chi connectivity index (χ2n) is 6.74. The summed E-state index contributed by atoms with van der Waals surface area (Å²) in [5.74, 6) is 4.02. The lowest BCUT2D eigenvalue weighted by Gasteiger charge is -2.34. The van der Waals surface area contributed by atoms with Crippen molar-refractivity contribution in [1.29, 1.82) is 0 Å². The van der Waals surface area contributed by atoms with E-state index >= 15 is 0 Å². The Morgan fingerprint density at radius 2 is 1.77 bits per heavy atom. The standard InChI is InChI=1S/C19H23N2O9P/c1-19(17(23)28-2,21(20)18(24)29-12-13-6-4-3-5-7-13)11-14-8-9-16(15(22)10-14)30-31(25,26)27/h3-10,22H,11-12,20H2,1-2H3,(H2,25,26,27). The number of phenolic OH excluding ortho intramolecular Hbond substituents is 1. The molecule has 12 heteroatoms. The van der Waals surface area contributed by atoms with E-state index in [1.807, 2.05) is 0 Å². The summed E-state index contributed by atoms with van der Waals surface area (Å²) in [6.45, 7) is 1.28. The number of methoxy groups -OCH3 is 1. The number of carbonyl (C=O) groups excluding carboxylic acids is 2. The van der Waals surface area contributed by atoms with Crippen molar-refractivity contribution in [2.24, 2.45) is 5.84 Å². The number of nitrogens with two attached hydrogens (primary N) is 1. The van der Waals surface area contributed by atoms with E-state index in [1.54, 1.807) is 30.3 Å². The van der Waals surface area contributed by atoms with Crippen LogP contribution >= 0.6 is 7.82 Å². The van der Waals surface area contributed by atoms with Crippen molar-refractivity contribution in [3.05, 3.63) is 59.7 Å². The molecule has 0 aliphatic carbocycles. The monoisotopic (exact) mass is 454 g/mol. The number of nitrogens with zero attached hydrogens (tertiary/aromatic N) is 1. The summed E-state index contributed by atoms with van der Waals surface area (Å²) in [6.07, 6.45) is -1.19. The molecular formula is C19H23N2O9P. The second-order valence-corrected chi connectivity index (χ2v) is 7.90. The van der Waals surface area contributed by atoms with E-state index in [9.17, 15) is 19.3 Å². The molecule has 1 unspecified atom stereocenters. The highest BCUT2D eigenvalue weighted by Gasteiger charge is 2.43. The van der Waals surface area contributed by atoms with Crippen molar-refractivity contribution >= 4 is 19.9 Å². The van der Waals surface area contributed by atoms with Crippen molar-refractivity contribution in [2.45, 2.75) is 25.5 Å². The topological polar surface area (TPSA) is 169 Å². The predicted molar refractivity (Wildman–Crippen MR) is 108 cm³/mol. The molecule has 1 atom stereocenters. The van der Waals surface area contributed by atoms with Crippen LogP contribution in [0.1, 0.15) is 18.1 Å². The maximum Gasteiger partial charge on any atom is 0.524 e. The lowest BCUT2D eigenvalue weighted by Crippen LogP contribution is -2.60. The average Bonchev–Trinajstić information content (AvgIpc) is 2.72. The van der Waals surface area contributed by atoms with Gasteiger partial charge in [-0.2, -0.15) is 0 Å². The number of phosphoric ester groups is 1. The van der Waals surface area contributed by atoms with Crippen LogP contribution < -0.4 is 10.4 Å². The number of phosphoric acid groups is 1. The Balaban J connectivity index is 2.21. The van der Waals surface area contributed by atoms with Gasteiger partial charge < -0.3 is 19.1 Å². The molecule has 0 saturated carbocycles. The first-order chi connectivity index (χ1) is 14.5. The number of amides is 1. The van der Waals surface area contributed by atoms with Crippen LogP contribution in [0.2, 0.25) is 0 Å². The summed E-state index contributed by atoms with van der Waals surface area (Å²) in [6, 6.07) is 12.4.